The van der Waals surface area contributed by atoms with Gasteiger partial charge in [0.15, 0.2) is 0 Å². The number of hydrogen-bond donors (Lipinski definition) is 3. The molecule has 6 heteroatoms. The van der Waals surface area contributed by atoms with Crippen LogP contribution in [0.3, 0.4) is 0 Å². The van der Waals surface area contributed by atoms with Crippen LogP contribution in [0.15, 0.2) is 24.3 Å². The Kier molecular flexibility index (Phi) is 4.80. The van der Waals surface area contributed by atoms with Gasteiger partial charge >= 0.3 is 6.09 Å². The van der Waals surface area contributed by atoms with Gasteiger partial charge in [0, 0.05) is 17.9 Å². The highest BCUT2D eigenvalue weighted by atomic mass is 16.5. The highest BCUT2D eigenvalue weighted by Gasteiger charge is 2.36. The van der Waals surface area contributed by atoms with E-state index in [2.05, 4.69) is 16.0 Å². The largest absolute Gasteiger partial charge is 0.450 e. The highest BCUT2D eigenvalue weighted by molar-refractivity contribution is 5.95. The molecule has 0 saturated carbocycles. The van der Waals surface area contributed by atoms with Crippen molar-refractivity contribution in [2.45, 2.75) is 20.3 Å². The molecule has 0 aliphatic carbocycles. The van der Waals surface area contributed by atoms with Gasteiger partial charge in [-0.05, 0) is 51.1 Å². The number of benzene rings is 1. The normalized spacial score (nSPS) is 20.9. The van der Waals surface area contributed by atoms with Gasteiger partial charge in [0.25, 0.3) is 0 Å². The van der Waals surface area contributed by atoms with E-state index < -0.39 is 6.09 Å². The summed E-state index contributed by atoms with van der Waals surface area (Å²) in [6.45, 7) is 5.59. The van der Waals surface area contributed by atoms with Crippen LogP contribution in [0.2, 0.25) is 0 Å². The predicted molar refractivity (Wildman–Crippen MR) is 81.3 cm³/mol. The van der Waals surface area contributed by atoms with Gasteiger partial charge in [-0.3, -0.25) is 10.1 Å². The third-order valence-corrected chi connectivity index (χ3v) is 3.58. The summed E-state index contributed by atoms with van der Waals surface area (Å²) in [4.78, 5) is 23.5. The van der Waals surface area contributed by atoms with E-state index >= 15 is 0 Å². The van der Waals surface area contributed by atoms with Crippen molar-refractivity contribution in [3.63, 3.8) is 0 Å². The van der Waals surface area contributed by atoms with E-state index in [4.69, 9.17) is 4.74 Å². The van der Waals surface area contributed by atoms with E-state index in [1.54, 1.807) is 31.2 Å². The Morgan fingerprint density at radius 3 is 2.38 bits per heavy atom. The predicted octanol–water partition coefficient (Wildman–Crippen LogP) is 2.19. The maximum Gasteiger partial charge on any atom is 0.411 e. The number of carbonyl (C=O) groups excluding carboxylic acids is 2. The zero-order chi connectivity index (χ0) is 15.3. The summed E-state index contributed by atoms with van der Waals surface area (Å²) in [5.74, 6) is 0.0126. The van der Waals surface area contributed by atoms with Crippen LogP contribution in [-0.2, 0) is 9.53 Å². The van der Waals surface area contributed by atoms with Crippen LogP contribution < -0.4 is 16.0 Å². The molecular formula is C15H21N3O3. The lowest BCUT2D eigenvalue weighted by Gasteiger charge is -2.21. The van der Waals surface area contributed by atoms with Crippen molar-refractivity contribution < 1.29 is 14.3 Å². The van der Waals surface area contributed by atoms with Crippen LogP contribution in [0.25, 0.3) is 0 Å². The number of carbonyl (C=O) groups is 2. The zero-order valence-electron chi connectivity index (χ0n) is 12.4. The van der Waals surface area contributed by atoms with Crippen molar-refractivity contribution in [3.05, 3.63) is 24.3 Å². The lowest BCUT2D eigenvalue weighted by Crippen LogP contribution is -2.35. The second-order valence-electron chi connectivity index (χ2n) is 5.36. The molecule has 1 atom stereocenters. The average Bonchev–Trinajstić information content (AvgIpc) is 2.89. The first-order valence-electron chi connectivity index (χ1n) is 7.09. The summed E-state index contributed by atoms with van der Waals surface area (Å²) in [6, 6.07) is 6.96. The number of amides is 2. The molecule has 0 radical (unpaired) electrons. The van der Waals surface area contributed by atoms with Crippen molar-refractivity contribution in [1.82, 2.24) is 5.32 Å². The van der Waals surface area contributed by atoms with Crippen molar-refractivity contribution in [2.75, 3.05) is 30.3 Å². The Balaban J connectivity index is 1.93. The lowest BCUT2D eigenvalue weighted by atomic mass is 9.89. The van der Waals surface area contributed by atoms with E-state index in [1.807, 2.05) is 6.92 Å². The minimum Gasteiger partial charge on any atom is -0.450 e. The molecule has 1 fully saturated rings. The first kappa shape index (κ1) is 15.3. The van der Waals surface area contributed by atoms with Crippen molar-refractivity contribution >= 4 is 23.4 Å². The van der Waals surface area contributed by atoms with E-state index in [0.717, 1.165) is 13.0 Å². The number of ether oxygens (including phenoxy) is 1. The van der Waals surface area contributed by atoms with Crippen LogP contribution >= 0.6 is 0 Å². The van der Waals surface area contributed by atoms with Gasteiger partial charge in [0.2, 0.25) is 5.91 Å². The Labute approximate surface area is 124 Å². The van der Waals surface area contributed by atoms with Crippen LogP contribution in [0, 0.1) is 5.41 Å². The fraction of sp³-hybridized carbons (Fsp3) is 0.467. The number of nitrogens with one attached hydrogen (secondary N) is 3. The van der Waals surface area contributed by atoms with Gasteiger partial charge in [-0.2, -0.15) is 0 Å². The lowest BCUT2D eigenvalue weighted by molar-refractivity contribution is -0.123. The van der Waals surface area contributed by atoms with Crippen LogP contribution in [-0.4, -0.2) is 31.7 Å². The summed E-state index contributed by atoms with van der Waals surface area (Å²) < 4.78 is 4.79. The molecule has 1 aromatic carbocycles. The number of anilines is 2. The topological polar surface area (TPSA) is 79.5 Å². The molecule has 114 valence electrons. The van der Waals surface area contributed by atoms with Gasteiger partial charge in [0.05, 0.1) is 12.0 Å². The minimum absolute atomic E-state index is 0.0126. The third-order valence-electron chi connectivity index (χ3n) is 3.58. The van der Waals surface area contributed by atoms with Crippen molar-refractivity contribution in [3.8, 4) is 0 Å². The highest BCUT2D eigenvalue weighted by Crippen LogP contribution is 2.26. The second-order valence-corrected chi connectivity index (χ2v) is 5.36. The molecule has 2 rings (SSSR count). The number of rotatable bonds is 4. The molecule has 21 heavy (non-hydrogen) atoms. The Hall–Kier alpha value is -2.08. The molecule has 1 aliphatic rings. The fourth-order valence-corrected chi connectivity index (χ4v) is 2.21. The first-order chi connectivity index (χ1) is 10.0. The van der Waals surface area contributed by atoms with Gasteiger partial charge in [-0.25, -0.2) is 4.79 Å². The molecule has 3 N–H and O–H groups in total. The van der Waals surface area contributed by atoms with E-state index in [9.17, 15) is 9.59 Å². The summed E-state index contributed by atoms with van der Waals surface area (Å²) in [7, 11) is 0. The Bertz CT molecular complexity index is 507. The van der Waals surface area contributed by atoms with Crippen LogP contribution in [0.1, 0.15) is 20.3 Å². The van der Waals surface area contributed by atoms with Gasteiger partial charge in [0.1, 0.15) is 0 Å². The Morgan fingerprint density at radius 2 is 1.86 bits per heavy atom. The van der Waals surface area contributed by atoms with E-state index in [0.29, 0.717) is 24.5 Å². The quantitative estimate of drug-likeness (QED) is 0.794. The summed E-state index contributed by atoms with van der Waals surface area (Å²) in [5, 5.41) is 8.71. The molecule has 0 aromatic heterocycles. The van der Waals surface area contributed by atoms with Crippen LogP contribution in [0.5, 0.6) is 0 Å². The van der Waals surface area contributed by atoms with E-state index in [-0.39, 0.29) is 11.3 Å². The molecule has 1 aromatic rings. The van der Waals surface area contributed by atoms with Gasteiger partial charge in [-0.1, -0.05) is 0 Å². The standard InChI is InChI=1S/C15H21N3O3/c1-3-21-14(20)18-12-6-4-11(5-7-12)17-13(19)15(2)8-9-16-10-15/h4-7,16H,3,8-10H2,1-2H3,(H,17,19)(H,18,20). The smallest absolute Gasteiger partial charge is 0.411 e. The molecular weight excluding hydrogens is 270 g/mol. The maximum atomic E-state index is 12.2. The molecule has 0 bridgehead atoms. The van der Waals surface area contributed by atoms with Crippen molar-refractivity contribution in [1.29, 1.82) is 0 Å². The van der Waals surface area contributed by atoms with Gasteiger partial charge in [-0.15, -0.1) is 0 Å². The first-order valence-corrected chi connectivity index (χ1v) is 7.09. The van der Waals surface area contributed by atoms with E-state index in [1.165, 1.54) is 0 Å². The molecule has 6 nitrogen and oxygen atoms in total. The Morgan fingerprint density at radius 1 is 1.24 bits per heavy atom. The SMILES string of the molecule is CCOC(=O)Nc1ccc(NC(=O)C2(C)CCNC2)cc1. The molecule has 0 spiro atoms. The summed E-state index contributed by atoms with van der Waals surface area (Å²) in [6.07, 6.45) is 0.347. The molecule has 1 heterocycles. The maximum absolute atomic E-state index is 12.2. The average molecular weight is 291 g/mol. The van der Waals surface area contributed by atoms with Crippen molar-refractivity contribution in [2.24, 2.45) is 5.41 Å². The molecule has 1 unspecified atom stereocenters. The fourth-order valence-electron chi connectivity index (χ4n) is 2.21. The second kappa shape index (κ2) is 6.58. The van der Waals surface area contributed by atoms with Crippen LogP contribution in [0.4, 0.5) is 16.2 Å². The number of hydrogen-bond acceptors (Lipinski definition) is 4. The summed E-state index contributed by atoms with van der Waals surface area (Å²) >= 11 is 0. The molecule has 2 amide bonds. The summed E-state index contributed by atoms with van der Waals surface area (Å²) in [5.41, 5.74) is 0.977. The monoisotopic (exact) mass is 291 g/mol. The molecule has 1 saturated heterocycles. The third kappa shape index (κ3) is 3.95. The van der Waals surface area contributed by atoms with Gasteiger partial charge < -0.3 is 15.4 Å². The minimum atomic E-state index is -0.487. The zero-order valence-corrected chi connectivity index (χ0v) is 12.4. The molecule has 1 aliphatic heterocycles.